The average Bonchev–Trinajstić information content (AvgIpc) is 3.57. The summed E-state index contributed by atoms with van der Waals surface area (Å²) in [5.41, 5.74) is 1.64. The molecule has 11 nitrogen and oxygen atoms in total. The fourth-order valence-corrected chi connectivity index (χ4v) is 5.73. The zero-order valence-electron chi connectivity index (χ0n) is 24.4. The minimum atomic E-state index is -4.75. The summed E-state index contributed by atoms with van der Waals surface area (Å²) in [6.07, 6.45) is 0.436. The van der Waals surface area contributed by atoms with Crippen molar-refractivity contribution in [3.8, 4) is 0 Å². The molecule has 2 N–H and O–H groups in total. The van der Waals surface area contributed by atoms with Crippen LogP contribution in [0.3, 0.4) is 0 Å². The van der Waals surface area contributed by atoms with Crippen LogP contribution in [0.15, 0.2) is 88.0 Å². The fourth-order valence-electron chi connectivity index (χ4n) is 4.47. The first kappa shape index (κ1) is 34.0. The Labute approximate surface area is 261 Å². The first-order chi connectivity index (χ1) is 21.4. The molecule has 1 aromatic heterocycles. The van der Waals surface area contributed by atoms with Crippen LogP contribution in [0.5, 0.6) is 0 Å². The Bertz CT molecular complexity index is 2040. The van der Waals surface area contributed by atoms with Gasteiger partial charge in [-0.15, -0.1) is 5.73 Å². The van der Waals surface area contributed by atoms with E-state index >= 15 is 0 Å². The van der Waals surface area contributed by atoms with Gasteiger partial charge < -0.3 is 19.9 Å². The molecule has 0 spiro atoms. The molecule has 0 atom stereocenters. The minimum Gasteiger partial charge on any atom is -0.457 e. The van der Waals surface area contributed by atoms with Crippen LogP contribution in [0, 0.1) is 6.92 Å². The molecule has 0 bridgehead atoms. The number of anilines is 2. The molecule has 0 saturated heterocycles. The van der Waals surface area contributed by atoms with Crippen LogP contribution in [-0.2, 0) is 40.5 Å². The summed E-state index contributed by atoms with van der Waals surface area (Å²) in [6.45, 7) is 0.715. The average molecular weight is 678 g/mol. The van der Waals surface area contributed by atoms with Crippen LogP contribution >= 0.6 is 0 Å². The SMILES string of the molecule is Cc1c(C(=O)Nc2ccc(S(C)(=O)=O)cc2)cn(CCOC(=O)C(=O)Nc2ccc(S(C)(=O)=O)cc2)c1C1=C(C(F)(F)F)C=C=C1. The Hall–Kier alpha value is -4.92. The van der Waals surface area contributed by atoms with Crippen molar-refractivity contribution in [2.24, 2.45) is 0 Å². The number of allylic oxidation sites excluding steroid dienone is 3. The smallest absolute Gasteiger partial charge is 0.417 e. The van der Waals surface area contributed by atoms with Crippen LogP contribution < -0.4 is 10.6 Å². The van der Waals surface area contributed by atoms with E-state index < -0.39 is 55.8 Å². The number of sulfone groups is 2. The standard InChI is InChI=1S/C30H26F3N3O8S2/c1-18-24(27(37)34-19-7-11-21(12-8-19)45(2,40)41)17-36(26(18)23-5-4-6-25(23)30(31,32)33)15-16-44-29(39)28(38)35-20-9-13-22(14-10-20)46(3,42)43/h5-14,17H,15-16H2,1-3H3,(H,34,37)(H,35,38). The number of ether oxygens (including phenoxy) is 1. The van der Waals surface area contributed by atoms with Crippen molar-refractivity contribution in [3.63, 3.8) is 0 Å². The van der Waals surface area contributed by atoms with Crippen LogP contribution in [-0.4, -0.2) is 64.5 Å². The lowest BCUT2D eigenvalue weighted by Crippen LogP contribution is -2.26. The maximum absolute atomic E-state index is 13.8. The number of hydrogen-bond acceptors (Lipinski definition) is 8. The summed E-state index contributed by atoms with van der Waals surface area (Å²) in [7, 11) is -6.96. The largest absolute Gasteiger partial charge is 0.457 e. The number of carbonyl (C=O) groups is 3. The number of alkyl halides is 3. The number of esters is 1. The van der Waals surface area contributed by atoms with Gasteiger partial charge in [-0.05, 0) is 73.2 Å². The molecule has 3 aromatic rings. The molecule has 2 aromatic carbocycles. The van der Waals surface area contributed by atoms with Gasteiger partial charge in [0.2, 0.25) is 0 Å². The summed E-state index contributed by atoms with van der Waals surface area (Å²) < 4.78 is 94.4. The van der Waals surface area contributed by atoms with E-state index in [0.717, 1.165) is 24.7 Å². The summed E-state index contributed by atoms with van der Waals surface area (Å²) in [5, 5.41) is 4.84. The third-order valence-electron chi connectivity index (χ3n) is 6.71. The predicted octanol–water partition coefficient (Wildman–Crippen LogP) is 4.08. The number of benzene rings is 2. The third kappa shape index (κ3) is 7.83. The molecule has 1 aliphatic rings. The molecule has 0 radical (unpaired) electrons. The first-order valence-electron chi connectivity index (χ1n) is 13.2. The van der Waals surface area contributed by atoms with Gasteiger partial charge in [0.15, 0.2) is 19.7 Å². The Kier molecular flexibility index (Phi) is 9.47. The predicted molar refractivity (Wildman–Crippen MR) is 161 cm³/mol. The summed E-state index contributed by atoms with van der Waals surface area (Å²) >= 11 is 0. The van der Waals surface area contributed by atoms with Crippen molar-refractivity contribution >= 4 is 54.4 Å². The highest BCUT2D eigenvalue weighted by atomic mass is 32.2. The third-order valence-corrected chi connectivity index (χ3v) is 8.97. The van der Waals surface area contributed by atoms with E-state index in [-0.39, 0.29) is 50.1 Å². The van der Waals surface area contributed by atoms with Crippen LogP contribution in [0.2, 0.25) is 0 Å². The lowest BCUT2D eigenvalue weighted by Gasteiger charge is -2.14. The van der Waals surface area contributed by atoms with E-state index in [1.807, 2.05) is 0 Å². The topological polar surface area (TPSA) is 158 Å². The highest BCUT2D eigenvalue weighted by Gasteiger charge is 2.37. The monoisotopic (exact) mass is 677 g/mol. The highest BCUT2D eigenvalue weighted by Crippen LogP contribution is 2.38. The fraction of sp³-hybridized carbons (Fsp3) is 0.200. The van der Waals surface area contributed by atoms with Gasteiger partial charge in [-0.1, -0.05) is 0 Å². The Balaban J connectivity index is 1.54. The van der Waals surface area contributed by atoms with Crippen LogP contribution in [0.25, 0.3) is 5.57 Å². The Morgan fingerprint density at radius 1 is 0.848 bits per heavy atom. The molecule has 0 unspecified atom stereocenters. The molecule has 46 heavy (non-hydrogen) atoms. The molecule has 4 rings (SSSR count). The normalized spacial score (nSPS) is 13.2. The minimum absolute atomic E-state index is 0.0000913. The first-order valence-corrected chi connectivity index (χ1v) is 17.0. The van der Waals surface area contributed by atoms with Crippen molar-refractivity contribution in [3.05, 3.63) is 95.0 Å². The van der Waals surface area contributed by atoms with Gasteiger partial charge in [-0.2, -0.15) is 13.2 Å². The summed E-state index contributed by atoms with van der Waals surface area (Å²) in [5.74, 6) is -3.19. The number of nitrogens with zero attached hydrogens (tertiary/aromatic N) is 1. The van der Waals surface area contributed by atoms with Crippen molar-refractivity contribution in [2.45, 2.75) is 29.4 Å². The number of halogens is 3. The lowest BCUT2D eigenvalue weighted by atomic mass is 10.0. The van der Waals surface area contributed by atoms with Crippen LogP contribution in [0.4, 0.5) is 24.5 Å². The van der Waals surface area contributed by atoms with Gasteiger partial charge in [0.05, 0.1) is 33.2 Å². The molecule has 1 aliphatic carbocycles. The molecule has 2 amide bonds. The van der Waals surface area contributed by atoms with E-state index in [9.17, 15) is 44.4 Å². The molecule has 16 heteroatoms. The van der Waals surface area contributed by atoms with E-state index in [0.29, 0.717) is 0 Å². The van der Waals surface area contributed by atoms with Crippen molar-refractivity contribution in [1.82, 2.24) is 4.57 Å². The van der Waals surface area contributed by atoms with Gasteiger partial charge in [-0.25, -0.2) is 21.6 Å². The van der Waals surface area contributed by atoms with Crippen molar-refractivity contribution < 1.29 is 49.1 Å². The van der Waals surface area contributed by atoms with Crippen LogP contribution in [0.1, 0.15) is 21.6 Å². The Morgan fingerprint density at radius 3 is 1.87 bits per heavy atom. The van der Waals surface area contributed by atoms with Gasteiger partial charge >= 0.3 is 18.1 Å². The van der Waals surface area contributed by atoms with Gasteiger partial charge in [0.25, 0.3) is 5.91 Å². The quantitative estimate of drug-likeness (QED) is 0.195. The lowest BCUT2D eigenvalue weighted by molar-refractivity contribution is -0.152. The molecule has 242 valence electrons. The van der Waals surface area contributed by atoms with E-state index in [1.165, 1.54) is 66.2 Å². The molecule has 0 aliphatic heterocycles. The number of carbonyl (C=O) groups excluding carboxylic acids is 3. The second kappa shape index (κ2) is 12.8. The van der Waals surface area contributed by atoms with Crippen molar-refractivity contribution in [2.75, 3.05) is 29.8 Å². The molecular formula is C30H26F3N3O8S2. The Morgan fingerprint density at radius 2 is 1.37 bits per heavy atom. The number of hydrogen-bond donors (Lipinski definition) is 2. The molecule has 0 saturated carbocycles. The van der Waals surface area contributed by atoms with E-state index in [1.54, 1.807) is 0 Å². The maximum atomic E-state index is 13.8. The maximum Gasteiger partial charge on any atom is 0.417 e. The van der Waals surface area contributed by atoms with Gasteiger partial charge in [-0.3, -0.25) is 9.59 Å². The number of amides is 2. The molecule has 1 heterocycles. The second-order valence-corrected chi connectivity index (χ2v) is 14.2. The summed E-state index contributed by atoms with van der Waals surface area (Å²) in [6, 6.07) is 10.3. The zero-order valence-corrected chi connectivity index (χ0v) is 26.1. The molecule has 0 fully saturated rings. The molecular weight excluding hydrogens is 651 g/mol. The van der Waals surface area contributed by atoms with Crippen molar-refractivity contribution in [1.29, 1.82) is 0 Å². The van der Waals surface area contributed by atoms with Gasteiger partial charge in [0.1, 0.15) is 6.61 Å². The number of aromatic nitrogens is 1. The van der Waals surface area contributed by atoms with Gasteiger partial charge in [0, 0.05) is 35.7 Å². The number of nitrogens with one attached hydrogen (secondary N) is 2. The highest BCUT2D eigenvalue weighted by molar-refractivity contribution is 7.91. The summed E-state index contributed by atoms with van der Waals surface area (Å²) in [4.78, 5) is 37.9. The van der Waals surface area contributed by atoms with E-state index in [4.69, 9.17) is 4.74 Å². The number of rotatable bonds is 9. The second-order valence-electron chi connectivity index (χ2n) is 10.1. The zero-order chi connectivity index (χ0) is 34.0. The van der Waals surface area contributed by atoms with E-state index in [2.05, 4.69) is 16.4 Å².